The van der Waals surface area contributed by atoms with Gasteiger partial charge in [0.2, 0.25) is 0 Å². The van der Waals surface area contributed by atoms with Crippen LogP contribution in [-0.2, 0) is 4.79 Å². The summed E-state index contributed by atoms with van der Waals surface area (Å²) in [6, 6.07) is 5.54. The maximum atomic E-state index is 10.8. The first-order valence-electron chi connectivity index (χ1n) is 4.76. The Morgan fingerprint density at radius 3 is 2.93 bits per heavy atom. The summed E-state index contributed by atoms with van der Waals surface area (Å²) in [5.41, 5.74) is 1.53. The van der Waals surface area contributed by atoms with Gasteiger partial charge in [0.15, 0.2) is 0 Å². The Morgan fingerprint density at radius 1 is 1.47 bits per heavy atom. The summed E-state index contributed by atoms with van der Waals surface area (Å²) in [5, 5.41) is 0. The van der Waals surface area contributed by atoms with Gasteiger partial charge in [-0.3, -0.25) is 4.79 Å². The number of hydrogen-bond acceptors (Lipinski definition) is 3. The summed E-state index contributed by atoms with van der Waals surface area (Å²) in [4.78, 5) is 10.8. The molecule has 1 atom stereocenters. The molecule has 0 bridgehead atoms. The minimum Gasteiger partial charge on any atom is -0.497 e. The molecule has 2 rings (SSSR count). The molecule has 0 saturated carbocycles. The molecule has 3 nitrogen and oxygen atoms in total. The van der Waals surface area contributed by atoms with Crippen LogP contribution >= 0.6 is 0 Å². The molecule has 1 aliphatic heterocycles. The van der Waals surface area contributed by atoms with Crippen molar-refractivity contribution in [1.29, 1.82) is 0 Å². The fraction of sp³-hybridized carbons (Fsp3) is 0.250. The third-order valence-electron chi connectivity index (χ3n) is 2.45. The van der Waals surface area contributed by atoms with Crippen molar-refractivity contribution in [2.75, 3.05) is 7.11 Å². The highest BCUT2D eigenvalue weighted by Crippen LogP contribution is 2.31. The number of carbonyl (C=O) groups excluding carboxylic acids is 1. The van der Waals surface area contributed by atoms with E-state index in [1.54, 1.807) is 7.11 Å². The zero-order valence-electron chi connectivity index (χ0n) is 8.69. The normalized spacial score (nSPS) is 18.5. The van der Waals surface area contributed by atoms with Gasteiger partial charge >= 0.3 is 0 Å². The Hall–Kier alpha value is -1.77. The van der Waals surface area contributed by atoms with E-state index in [9.17, 15) is 4.79 Å². The van der Waals surface area contributed by atoms with Gasteiger partial charge in [-0.15, -0.1) is 0 Å². The summed E-state index contributed by atoms with van der Waals surface area (Å²) in [6.45, 7) is 1.85. The van der Waals surface area contributed by atoms with E-state index < -0.39 is 0 Å². The quantitative estimate of drug-likeness (QED) is 0.692. The van der Waals surface area contributed by atoms with Crippen LogP contribution in [0.15, 0.2) is 23.8 Å². The summed E-state index contributed by atoms with van der Waals surface area (Å²) in [6.07, 6.45) is 2.48. The maximum absolute atomic E-state index is 10.8. The topological polar surface area (TPSA) is 35.5 Å². The van der Waals surface area contributed by atoms with Crippen LogP contribution in [0.5, 0.6) is 11.5 Å². The van der Waals surface area contributed by atoms with Crippen molar-refractivity contribution in [2.45, 2.75) is 13.0 Å². The first kappa shape index (κ1) is 9.77. The molecule has 15 heavy (non-hydrogen) atoms. The first-order valence-corrected chi connectivity index (χ1v) is 4.76. The first-order chi connectivity index (χ1) is 7.24. The second kappa shape index (κ2) is 3.77. The number of rotatable bonds is 2. The smallest absolute Gasteiger partial charge is 0.149 e. The predicted octanol–water partition coefficient (Wildman–Crippen LogP) is 2.06. The SMILES string of the molecule is COc1ccc2c(c1)C=C(C=O)[C@@H](C)O2. The molecular formula is C12H12O3. The molecule has 1 aromatic carbocycles. The van der Waals surface area contributed by atoms with E-state index in [2.05, 4.69) is 0 Å². The van der Waals surface area contributed by atoms with Crippen molar-refractivity contribution in [3.63, 3.8) is 0 Å². The van der Waals surface area contributed by atoms with E-state index >= 15 is 0 Å². The molecular weight excluding hydrogens is 192 g/mol. The Labute approximate surface area is 88.3 Å². The molecule has 0 spiro atoms. The molecule has 0 N–H and O–H groups in total. The Balaban J connectivity index is 2.47. The fourth-order valence-corrected chi connectivity index (χ4v) is 1.56. The number of fused-ring (bicyclic) bond motifs is 1. The lowest BCUT2D eigenvalue weighted by Crippen LogP contribution is -2.19. The van der Waals surface area contributed by atoms with Crippen LogP contribution in [0, 0.1) is 0 Å². The zero-order chi connectivity index (χ0) is 10.8. The van der Waals surface area contributed by atoms with Crippen LogP contribution < -0.4 is 9.47 Å². The van der Waals surface area contributed by atoms with Crippen LogP contribution in [0.2, 0.25) is 0 Å². The van der Waals surface area contributed by atoms with E-state index in [1.807, 2.05) is 31.2 Å². The van der Waals surface area contributed by atoms with Gasteiger partial charge in [0.25, 0.3) is 0 Å². The molecule has 0 radical (unpaired) electrons. The van der Waals surface area contributed by atoms with Gasteiger partial charge in [-0.2, -0.15) is 0 Å². The number of benzene rings is 1. The molecule has 0 amide bonds. The van der Waals surface area contributed by atoms with Crippen LogP contribution in [0.3, 0.4) is 0 Å². The Bertz CT molecular complexity index is 421. The molecule has 0 aliphatic carbocycles. The van der Waals surface area contributed by atoms with Crippen molar-refractivity contribution in [3.05, 3.63) is 29.3 Å². The second-order valence-electron chi connectivity index (χ2n) is 3.43. The highest BCUT2D eigenvalue weighted by Gasteiger charge is 2.18. The van der Waals surface area contributed by atoms with Crippen molar-refractivity contribution < 1.29 is 14.3 Å². The largest absolute Gasteiger partial charge is 0.497 e. The standard InChI is InChI=1S/C12H12O3/c1-8-10(7-13)5-9-6-11(14-2)3-4-12(9)15-8/h3-8H,1-2H3/t8-/m1/s1. The van der Waals surface area contributed by atoms with Crippen LogP contribution in [0.25, 0.3) is 6.08 Å². The lowest BCUT2D eigenvalue weighted by Gasteiger charge is -2.21. The van der Waals surface area contributed by atoms with Crippen molar-refractivity contribution in [2.24, 2.45) is 0 Å². The van der Waals surface area contributed by atoms with Gasteiger partial charge < -0.3 is 9.47 Å². The van der Waals surface area contributed by atoms with E-state index in [4.69, 9.17) is 9.47 Å². The van der Waals surface area contributed by atoms with Gasteiger partial charge in [-0.05, 0) is 31.2 Å². The van der Waals surface area contributed by atoms with Gasteiger partial charge in [-0.1, -0.05) is 0 Å². The number of hydrogen-bond donors (Lipinski definition) is 0. The van der Waals surface area contributed by atoms with Gasteiger partial charge in [-0.25, -0.2) is 0 Å². The molecule has 78 valence electrons. The lowest BCUT2D eigenvalue weighted by atomic mass is 10.0. The average molecular weight is 204 g/mol. The monoisotopic (exact) mass is 204 g/mol. The zero-order valence-corrected chi connectivity index (χ0v) is 8.69. The lowest BCUT2D eigenvalue weighted by molar-refractivity contribution is -0.105. The summed E-state index contributed by atoms with van der Waals surface area (Å²) in [5.74, 6) is 1.54. The minimum absolute atomic E-state index is 0.177. The summed E-state index contributed by atoms with van der Waals surface area (Å²) >= 11 is 0. The highest BCUT2D eigenvalue weighted by molar-refractivity contribution is 5.85. The second-order valence-corrected chi connectivity index (χ2v) is 3.43. The number of ether oxygens (including phenoxy) is 2. The Morgan fingerprint density at radius 2 is 2.27 bits per heavy atom. The van der Waals surface area contributed by atoms with Crippen molar-refractivity contribution in [3.8, 4) is 11.5 Å². The molecule has 0 saturated heterocycles. The van der Waals surface area contributed by atoms with Crippen molar-refractivity contribution in [1.82, 2.24) is 0 Å². The van der Waals surface area contributed by atoms with E-state index in [0.717, 1.165) is 23.3 Å². The van der Waals surface area contributed by atoms with Gasteiger partial charge in [0, 0.05) is 11.1 Å². The third-order valence-corrected chi connectivity index (χ3v) is 2.45. The Kier molecular flexibility index (Phi) is 2.46. The summed E-state index contributed by atoms with van der Waals surface area (Å²) in [7, 11) is 1.61. The molecule has 1 aliphatic rings. The third kappa shape index (κ3) is 1.73. The minimum atomic E-state index is -0.177. The highest BCUT2D eigenvalue weighted by atomic mass is 16.5. The fourth-order valence-electron chi connectivity index (χ4n) is 1.56. The number of aldehydes is 1. The molecule has 3 heteroatoms. The average Bonchev–Trinajstić information content (AvgIpc) is 2.27. The molecule has 0 unspecified atom stereocenters. The van der Waals surface area contributed by atoms with Crippen molar-refractivity contribution >= 4 is 12.4 Å². The summed E-state index contributed by atoms with van der Waals surface area (Å²) < 4.78 is 10.7. The number of carbonyl (C=O) groups is 1. The van der Waals surface area contributed by atoms with E-state index in [1.165, 1.54) is 0 Å². The molecule has 1 heterocycles. The van der Waals surface area contributed by atoms with E-state index in [0.29, 0.717) is 5.57 Å². The van der Waals surface area contributed by atoms with Crippen LogP contribution in [0.4, 0.5) is 0 Å². The molecule has 0 fully saturated rings. The number of methoxy groups -OCH3 is 1. The van der Waals surface area contributed by atoms with E-state index in [-0.39, 0.29) is 6.10 Å². The van der Waals surface area contributed by atoms with Gasteiger partial charge in [0.05, 0.1) is 7.11 Å². The predicted molar refractivity (Wildman–Crippen MR) is 57.1 cm³/mol. The maximum Gasteiger partial charge on any atom is 0.149 e. The molecule has 0 aromatic heterocycles. The van der Waals surface area contributed by atoms with Crippen LogP contribution in [0.1, 0.15) is 12.5 Å². The van der Waals surface area contributed by atoms with Gasteiger partial charge in [0.1, 0.15) is 23.9 Å². The van der Waals surface area contributed by atoms with Crippen LogP contribution in [-0.4, -0.2) is 19.5 Å². The molecule has 1 aromatic rings.